The van der Waals surface area contributed by atoms with Crippen LogP contribution in [-0.4, -0.2) is 85.8 Å². The number of piperidine rings is 2. The van der Waals surface area contributed by atoms with Crippen LogP contribution in [0.1, 0.15) is 120 Å². The van der Waals surface area contributed by atoms with E-state index in [1.807, 2.05) is 72.1 Å². The average Bonchev–Trinajstić information content (AvgIpc) is 3.38. The van der Waals surface area contributed by atoms with E-state index < -0.39 is 28.7 Å². The Labute approximate surface area is 517 Å². The zero-order valence-corrected chi connectivity index (χ0v) is 55.1. The first-order chi connectivity index (χ1) is 37.8. The molecule has 0 spiro atoms. The standard InChI is InChI=1S/2C15H20BrFN2O2.C11H20O2.C5H2BrClFN.C5H2BrF2N.C5H3BrFN/c2*1-15(2,3)21-14(20)10-4-6-19(7-5-10)13-11(16)8-18-9-12(13)17;1-11(2,3)13-10(12)9-7-5-4-6-8-9;6-3-1-9-2-4(8)5(3)7;6-3-1-9-2-4(7)5(3)8;6-4-1-5(7)3-8-2-4/h2*8-10H,4-7H2,1-3H3;9H,4-8H2,1-3H3;2*1-2H;1-3H. The topological polar surface area (TPSA) is 150 Å². The molecule has 5 aromatic rings. The van der Waals surface area contributed by atoms with E-state index in [0.29, 0.717) is 81.1 Å². The number of carbonyl (C=O) groups is 3. The maximum atomic E-state index is 13.9. The highest BCUT2D eigenvalue weighted by Crippen LogP contribution is 2.34. The predicted molar refractivity (Wildman–Crippen MR) is 318 cm³/mol. The van der Waals surface area contributed by atoms with E-state index in [4.69, 9.17) is 25.8 Å². The van der Waals surface area contributed by atoms with Crippen molar-refractivity contribution in [1.29, 1.82) is 0 Å². The molecule has 2 saturated heterocycles. The molecule has 7 heterocycles. The van der Waals surface area contributed by atoms with Gasteiger partial charge in [0.25, 0.3) is 0 Å². The molecular formula is C56H67Br5ClF6N7O6. The molecule has 8 rings (SSSR count). The van der Waals surface area contributed by atoms with E-state index in [0.717, 1.165) is 31.4 Å². The summed E-state index contributed by atoms with van der Waals surface area (Å²) in [5.74, 6) is -3.71. The van der Waals surface area contributed by atoms with Gasteiger partial charge in [-0.2, -0.15) is 0 Å². The summed E-state index contributed by atoms with van der Waals surface area (Å²) in [4.78, 5) is 57.7. The number of anilines is 2. The van der Waals surface area contributed by atoms with Crippen LogP contribution in [0.15, 0.2) is 90.4 Å². The highest BCUT2D eigenvalue weighted by Gasteiger charge is 2.32. The van der Waals surface area contributed by atoms with Gasteiger partial charge in [0.1, 0.15) is 22.6 Å². The molecule has 2 aliphatic heterocycles. The smallest absolute Gasteiger partial charge is 0.309 e. The fraction of sp³-hybridized carbons (Fsp3) is 0.500. The van der Waals surface area contributed by atoms with E-state index in [-0.39, 0.29) is 68.2 Å². The molecule has 25 heteroatoms. The van der Waals surface area contributed by atoms with Crippen molar-refractivity contribution in [2.24, 2.45) is 17.8 Å². The van der Waals surface area contributed by atoms with Gasteiger partial charge in [0.2, 0.25) is 0 Å². The van der Waals surface area contributed by atoms with Gasteiger partial charge in [-0.25, -0.2) is 26.3 Å². The molecule has 1 saturated carbocycles. The van der Waals surface area contributed by atoms with Crippen molar-refractivity contribution in [2.45, 2.75) is 137 Å². The molecule has 0 radical (unpaired) electrons. The Morgan fingerprint density at radius 2 is 0.790 bits per heavy atom. The molecule has 0 bridgehead atoms. The van der Waals surface area contributed by atoms with Crippen LogP contribution in [0.3, 0.4) is 0 Å². The highest BCUT2D eigenvalue weighted by atomic mass is 79.9. The summed E-state index contributed by atoms with van der Waals surface area (Å²) in [6.45, 7) is 19.5. The van der Waals surface area contributed by atoms with Crippen LogP contribution in [0.5, 0.6) is 0 Å². The molecule has 0 N–H and O–H groups in total. The van der Waals surface area contributed by atoms with E-state index in [1.165, 1.54) is 56.3 Å². The quantitative estimate of drug-likeness (QED) is 0.0934. The summed E-state index contributed by atoms with van der Waals surface area (Å²) < 4.78 is 95.2. The van der Waals surface area contributed by atoms with Crippen molar-refractivity contribution < 1.29 is 54.9 Å². The Morgan fingerprint density at radius 3 is 1.09 bits per heavy atom. The Hall–Kier alpha value is -3.97. The summed E-state index contributed by atoms with van der Waals surface area (Å²) in [6.07, 6.45) is 21.1. The second-order valence-electron chi connectivity index (χ2n) is 21.5. The molecule has 3 aliphatic rings. The van der Waals surface area contributed by atoms with E-state index in [2.05, 4.69) is 105 Å². The van der Waals surface area contributed by atoms with Crippen LogP contribution >= 0.6 is 91.3 Å². The third kappa shape index (κ3) is 26.7. The molecule has 0 atom stereocenters. The van der Waals surface area contributed by atoms with Gasteiger partial charge in [-0.3, -0.25) is 39.3 Å². The molecule has 0 unspecified atom stereocenters. The van der Waals surface area contributed by atoms with E-state index >= 15 is 0 Å². The van der Waals surface area contributed by atoms with E-state index in [9.17, 15) is 40.7 Å². The molecule has 3 fully saturated rings. The Bertz CT molecular complexity index is 2570. The molecule has 5 aromatic heterocycles. The van der Waals surface area contributed by atoms with Gasteiger partial charge in [0.05, 0.1) is 83.0 Å². The summed E-state index contributed by atoms with van der Waals surface area (Å²) in [7, 11) is 0. The number of halogens is 12. The van der Waals surface area contributed by atoms with Gasteiger partial charge in [0.15, 0.2) is 29.1 Å². The van der Waals surface area contributed by atoms with Gasteiger partial charge >= 0.3 is 17.9 Å². The van der Waals surface area contributed by atoms with Crippen LogP contribution < -0.4 is 9.80 Å². The van der Waals surface area contributed by atoms with Gasteiger partial charge < -0.3 is 24.0 Å². The largest absolute Gasteiger partial charge is 0.460 e. The number of carbonyl (C=O) groups excluding carboxylic acids is 3. The lowest BCUT2D eigenvalue weighted by atomic mass is 9.89. The first kappa shape index (κ1) is 71.3. The number of esters is 3. The number of hydrogen-bond acceptors (Lipinski definition) is 13. The van der Waals surface area contributed by atoms with Crippen LogP contribution in [0.2, 0.25) is 5.02 Å². The molecule has 1 aliphatic carbocycles. The van der Waals surface area contributed by atoms with Gasteiger partial charge in [-0.15, -0.1) is 0 Å². The maximum absolute atomic E-state index is 13.9. The fourth-order valence-electron chi connectivity index (χ4n) is 7.76. The summed E-state index contributed by atoms with van der Waals surface area (Å²) in [6, 6.07) is 1.35. The Kier molecular flexibility index (Phi) is 30.0. The lowest BCUT2D eigenvalue weighted by Gasteiger charge is -2.34. The molecule has 81 heavy (non-hydrogen) atoms. The summed E-state index contributed by atoms with van der Waals surface area (Å²) in [5, 5.41) is 0.0741. The third-order valence-electron chi connectivity index (χ3n) is 11.4. The molecule has 0 aromatic carbocycles. The number of ether oxygens (including phenoxy) is 3. The second-order valence-corrected chi connectivity index (χ2v) is 26.2. The normalized spacial score (nSPS) is 15.0. The van der Waals surface area contributed by atoms with Crippen molar-refractivity contribution in [3.05, 3.63) is 130 Å². The van der Waals surface area contributed by atoms with Crippen molar-refractivity contribution in [2.75, 3.05) is 36.0 Å². The Balaban J connectivity index is 0.000000266. The zero-order chi connectivity index (χ0) is 60.8. The lowest BCUT2D eigenvalue weighted by molar-refractivity contribution is -0.162. The van der Waals surface area contributed by atoms with Crippen LogP contribution in [0.4, 0.5) is 37.7 Å². The minimum absolute atomic E-state index is 0.00667. The van der Waals surface area contributed by atoms with Crippen molar-refractivity contribution >= 4 is 121 Å². The monoisotopic (exact) mass is 1480 g/mol. The predicted octanol–water partition coefficient (Wildman–Crippen LogP) is 16.7. The van der Waals surface area contributed by atoms with Crippen LogP contribution in [0.25, 0.3) is 0 Å². The number of rotatable bonds is 5. The third-order valence-corrected chi connectivity index (χ3v) is 14.7. The number of pyridine rings is 5. The second kappa shape index (κ2) is 34.1. The molecule has 0 amide bonds. The van der Waals surface area contributed by atoms with Crippen molar-refractivity contribution in [1.82, 2.24) is 24.9 Å². The highest BCUT2D eigenvalue weighted by molar-refractivity contribution is 9.11. The fourth-order valence-corrected chi connectivity index (χ4v) is 9.93. The van der Waals surface area contributed by atoms with E-state index in [1.54, 1.807) is 12.4 Å². The minimum atomic E-state index is -0.940. The maximum Gasteiger partial charge on any atom is 0.309 e. The number of aromatic nitrogens is 5. The zero-order valence-electron chi connectivity index (χ0n) is 46.4. The Morgan fingerprint density at radius 1 is 0.457 bits per heavy atom. The summed E-state index contributed by atoms with van der Waals surface area (Å²) in [5.41, 5.74) is -0.211. The van der Waals surface area contributed by atoms with Gasteiger partial charge in [-0.1, -0.05) is 30.9 Å². The molecule has 446 valence electrons. The van der Waals surface area contributed by atoms with Gasteiger partial charge in [0, 0.05) is 61.6 Å². The average molecular weight is 1480 g/mol. The first-order valence-electron chi connectivity index (χ1n) is 25.7. The van der Waals surface area contributed by atoms with Crippen molar-refractivity contribution in [3.8, 4) is 0 Å². The SMILES string of the molecule is CC(C)(C)OC(=O)C1CCCCC1.CC(C)(C)OC(=O)C1CCN(c2c(F)cncc2Br)CC1.CC(C)(C)OC(=O)C1CCN(c2c(F)cncc2Br)CC1.Fc1cncc(Br)c1.Fc1cncc(Br)c1Cl.Fc1cncc(Br)c1F. The first-order valence-corrected chi connectivity index (χ1v) is 30.0. The van der Waals surface area contributed by atoms with Gasteiger partial charge in [-0.05, 0) is 187 Å². The summed E-state index contributed by atoms with van der Waals surface area (Å²) >= 11 is 20.9. The van der Waals surface area contributed by atoms with Crippen LogP contribution in [-0.2, 0) is 28.6 Å². The minimum Gasteiger partial charge on any atom is -0.460 e. The molecular weight excluding hydrogens is 1420 g/mol. The van der Waals surface area contributed by atoms with Crippen LogP contribution in [0, 0.1) is 52.7 Å². The molecule has 13 nitrogen and oxygen atoms in total. The van der Waals surface area contributed by atoms with Crippen molar-refractivity contribution in [3.63, 3.8) is 0 Å². The number of nitrogens with zero attached hydrogens (tertiary/aromatic N) is 7. The lowest BCUT2D eigenvalue weighted by Crippen LogP contribution is -2.39. The number of hydrogen-bond donors (Lipinski definition) is 0.